The summed E-state index contributed by atoms with van der Waals surface area (Å²) in [6, 6.07) is 13.2. The van der Waals surface area contributed by atoms with Gasteiger partial charge in [-0.1, -0.05) is 30.3 Å². The average molecular weight is 207 g/mol. The van der Waals surface area contributed by atoms with Gasteiger partial charge in [0.25, 0.3) is 0 Å². The van der Waals surface area contributed by atoms with Crippen LogP contribution < -0.4 is 0 Å². The first-order valence-corrected chi connectivity index (χ1v) is 5.13. The lowest BCUT2D eigenvalue weighted by Gasteiger charge is -1.99. The molecular formula is C14H9NO. The van der Waals surface area contributed by atoms with Crippen molar-refractivity contribution in [2.75, 3.05) is 0 Å². The van der Waals surface area contributed by atoms with E-state index in [2.05, 4.69) is 4.98 Å². The Morgan fingerprint density at radius 1 is 0.938 bits per heavy atom. The molecule has 2 nitrogen and oxygen atoms in total. The van der Waals surface area contributed by atoms with E-state index in [1.807, 2.05) is 48.5 Å². The second kappa shape index (κ2) is 3.42. The maximum Gasteiger partial charge on any atom is 0.195 e. The highest BCUT2D eigenvalue weighted by molar-refractivity contribution is 6.36. The van der Waals surface area contributed by atoms with Crippen LogP contribution >= 0.6 is 0 Å². The summed E-state index contributed by atoms with van der Waals surface area (Å²) in [5, 5.41) is 0. The Bertz CT molecular complexity index is 585. The lowest BCUT2D eigenvalue weighted by Crippen LogP contribution is -1.99. The second-order valence-corrected chi connectivity index (χ2v) is 3.69. The Hall–Kier alpha value is -2.22. The number of benzene rings is 1. The SMILES string of the molecule is O=C1C(c2ccccn2)=Cc2ccccc21. The molecule has 76 valence electrons. The predicted molar refractivity (Wildman–Crippen MR) is 62.9 cm³/mol. The van der Waals surface area contributed by atoms with Crippen LogP contribution in [0.3, 0.4) is 0 Å². The zero-order valence-electron chi connectivity index (χ0n) is 8.55. The molecule has 2 aromatic rings. The van der Waals surface area contributed by atoms with Gasteiger partial charge in [-0.3, -0.25) is 9.78 Å². The van der Waals surface area contributed by atoms with Gasteiger partial charge in [0.2, 0.25) is 0 Å². The number of hydrogen-bond donors (Lipinski definition) is 0. The molecule has 0 bridgehead atoms. The molecule has 0 N–H and O–H groups in total. The van der Waals surface area contributed by atoms with Gasteiger partial charge in [0.1, 0.15) is 0 Å². The molecule has 0 saturated carbocycles. The lowest BCUT2D eigenvalue weighted by atomic mass is 10.1. The van der Waals surface area contributed by atoms with Gasteiger partial charge in [-0.15, -0.1) is 0 Å². The van der Waals surface area contributed by atoms with Crippen molar-refractivity contribution in [2.24, 2.45) is 0 Å². The molecule has 2 heteroatoms. The third-order valence-corrected chi connectivity index (χ3v) is 2.69. The monoisotopic (exact) mass is 207 g/mol. The van der Waals surface area contributed by atoms with Gasteiger partial charge in [0.05, 0.1) is 5.69 Å². The van der Waals surface area contributed by atoms with Gasteiger partial charge >= 0.3 is 0 Å². The van der Waals surface area contributed by atoms with Gasteiger partial charge in [-0.05, 0) is 23.8 Å². The Balaban J connectivity index is 2.13. The van der Waals surface area contributed by atoms with Crippen molar-refractivity contribution < 1.29 is 4.79 Å². The normalized spacial score (nSPS) is 13.5. The van der Waals surface area contributed by atoms with Gasteiger partial charge in [-0.2, -0.15) is 0 Å². The van der Waals surface area contributed by atoms with Crippen molar-refractivity contribution in [3.8, 4) is 0 Å². The van der Waals surface area contributed by atoms with E-state index in [-0.39, 0.29) is 5.78 Å². The molecule has 1 heterocycles. The number of fused-ring (bicyclic) bond motifs is 1. The lowest BCUT2D eigenvalue weighted by molar-refractivity contribution is 0.105. The van der Waals surface area contributed by atoms with E-state index in [4.69, 9.17) is 0 Å². The molecule has 0 saturated heterocycles. The van der Waals surface area contributed by atoms with Crippen molar-refractivity contribution in [3.63, 3.8) is 0 Å². The first-order valence-electron chi connectivity index (χ1n) is 5.13. The molecule has 0 amide bonds. The first kappa shape index (κ1) is 9.04. The van der Waals surface area contributed by atoms with Crippen molar-refractivity contribution in [2.45, 2.75) is 0 Å². The summed E-state index contributed by atoms with van der Waals surface area (Å²) in [7, 11) is 0. The van der Waals surface area contributed by atoms with Crippen LogP contribution in [0.2, 0.25) is 0 Å². The second-order valence-electron chi connectivity index (χ2n) is 3.69. The molecule has 1 aliphatic rings. The van der Waals surface area contributed by atoms with E-state index in [9.17, 15) is 4.79 Å². The molecule has 0 fully saturated rings. The summed E-state index contributed by atoms with van der Waals surface area (Å²) in [4.78, 5) is 16.3. The van der Waals surface area contributed by atoms with E-state index in [0.717, 1.165) is 16.8 Å². The Morgan fingerprint density at radius 2 is 1.75 bits per heavy atom. The number of nitrogens with zero attached hydrogens (tertiary/aromatic N) is 1. The van der Waals surface area contributed by atoms with Crippen LogP contribution in [0.1, 0.15) is 21.6 Å². The van der Waals surface area contributed by atoms with Crippen LogP contribution in [-0.4, -0.2) is 10.8 Å². The van der Waals surface area contributed by atoms with Crippen LogP contribution in [-0.2, 0) is 0 Å². The largest absolute Gasteiger partial charge is 0.289 e. The third-order valence-electron chi connectivity index (χ3n) is 2.69. The zero-order chi connectivity index (χ0) is 11.0. The zero-order valence-corrected chi connectivity index (χ0v) is 8.55. The number of rotatable bonds is 1. The number of ketones is 1. The molecule has 0 spiro atoms. The quantitative estimate of drug-likeness (QED) is 0.719. The van der Waals surface area contributed by atoms with E-state index >= 15 is 0 Å². The topological polar surface area (TPSA) is 30.0 Å². The van der Waals surface area contributed by atoms with E-state index < -0.39 is 0 Å². The molecule has 16 heavy (non-hydrogen) atoms. The fraction of sp³-hybridized carbons (Fsp3) is 0. The van der Waals surface area contributed by atoms with Crippen molar-refractivity contribution >= 4 is 17.4 Å². The highest BCUT2D eigenvalue weighted by Gasteiger charge is 2.23. The Kier molecular flexibility index (Phi) is 1.93. The molecule has 0 aliphatic heterocycles. The summed E-state index contributed by atoms with van der Waals surface area (Å²) in [5.74, 6) is 0.0642. The number of pyridine rings is 1. The predicted octanol–water partition coefficient (Wildman–Crippen LogP) is 2.82. The number of Topliss-reactive ketones (excluding diaryl/α,β-unsaturated/α-hetero) is 1. The number of hydrogen-bond acceptors (Lipinski definition) is 2. The fourth-order valence-corrected chi connectivity index (χ4v) is 1.91. The van der Waals surface area contributed by atoms with Crippen molar-refractivity contribution in [1.82, 2.24) is 4.98 Å². The smallest absolute Gasteiger partial charge is 0.195 e. The Labute approximate surface area is 93.3 Å². The maximum atomic E-state index is 12.1. The standard InChI is InChI=1S/C14H9NO/c16-14-11-6-2-1-5-10(11)9-12(14)13-7-3-4-8-15-13/h1-9H. The molecule has 1 aliphatic carbocycles. The molecular weight excluding hydrogens is 198 g/mol. The van der Waals surface area contributed by atoms with Crippen LogP contribution in [0.5, 0.6) is 0 Å². The number of carbonyl (C=O) groups excluding carboxylic acids is 1. The Morgan fingerprint density at radius 3 is 2.50 bits per heavy atom. The van der Waals surface area contributed by atoms with E-state index in [0.29, 0.717) is 5.57 Å². The highest BCUT2D eigenvalue weighted by atomic mass is 16.1. The van der Waals surface area contributed by atoms with Crippen molar-refractivity contribution in [3.05, 3.63) is 65.5 Å². The van der Waals surface area contributed by atoms with Gasteiger partial charge < -0.3 is 0 Å². The summed E-state index contributed by atoms with van der Waals surface area (Å²) in [6.07, 6.45) is 3.60. The molecule has 1 aromatic carbocycles. The molecule has 0 radical (unpaired) electrons. The fourth-order valence-electron chi connectivity index (χ4n) is 1.91. The van der Waals surface area contributed by atoms with Gasteiger partial charge in [0.15, 0.2) is 5.78 Å². The minimum atomic E-state index is 0.0642. The molecule has 0 unspecified atom stereocenters. The van der Waals surface area contributed by atoms with Gasteiger partial charge in [-0.25, -0.2) is 0 Å². The minimum Gasteiger partial charge on any atom is -0.289 e. The highest BCUT2D eigenvalue weighted by Crippen LogP contribution is 2.29. The van der Waals surface area contributed by atoms with Crippen LogP contribution in [0.15, 0.2) is 48.7 Å². The van der Waals surface area contributed by atoms with Crippen molar-refractivity contribution in [1.29, 1.82) is 0 Å². The van der Waals surface area contributed by atoms with Crippen LogP contribution in [0.4, 0.5) is 0 Å². The first-order chi connectivity index (χ1) is 7.86. The average Bonchev–Trinajstić information content (AvgIpc) is 2.69. The van der Waals surface area contributed by atoms with E-state index in [1.54, 1.807) is 6.20 Å². The summed E-state index contributed by atoms with van der Waals surface area (Å²) < 4.78 is 0. The number of carbonyl (C=O) groups is 1. The summed E-state index contributed by atoms with van der Waals surface area (Å²) in [5.41, 5.74) is 3.17. The summed E-state index contributed by atoms with van der Waals surface area (Å²) in [6.45, 7) is 0. The van der Waals surface area contributed by atoms with E-state index in [1.165, 1.54) is 0 Å². The van der Waals surface area contributed by atoms with Crippen LogP contribution in [0, 0.1) is 0 Å². The number of aromatic nitrogens is 1. The summed E-state index contributed by atoms with van der Waals surface area (Å²) >= 11 is 0. The maximum absolute atomic E-state index is 12.1. The molecule has 0 atom stereocenters. The third kappa shape index (κ3) is 1.27. The van der Waals surface area contributed by atoms with Crippen LogP contribution in [0.25, 0.3) is 11.6 Å². The minimum absolute atomic E-state index is 0.0642. The molecule has 3 rings (SSSR count). The number of allylic oxidation sites excluding steroid dienone is 1. The molecule has 1 aromatic heterocycles. The van der Waals surface area contributed by atoms with Gasteiger partial charge in [0, 0.05) is 17.3 Å².